The number of aromatic nitrogens is 2. The maximum Gasteiger partial charge on any atom is 0.0799 e. The molecular weight excluding hydrogens is 833 g/mol. The van der Waals surface area contributed by atoms with E-state index >= 15 is 0 Å². The van der Waals surface area contributed by atoms with Crippen LogP contribution in [0.4, 0.5) is 0 Å². The predicted octanol–water partition coefficient (Wildman–Crippen LogP) is 12.5. The van der Waals surface area contributed by atoms with Crippen molar-refractivity contribution in [1.29, 1.82) is 0 Å². The van der Waals surface area contributed by atoms with Gasteiger partial charge in [-0.15, -0.1) is 59.7 Å². The molecule has 1 aliphatic rings. The molecule has 3 heterocycles. The SMILES string of the molecule is CC(C)c1cc(-c2[c-]cccc2)ncc1[Si](C)(C)C.[Ir].[c-]1ccc2c(sc3cc(-c4ccccc4)ccc32)c1-c1cc(CC2CCCC2)ccn1. The molecule has 4 aromatic carbocycles. The number of hydrogen-bond acceptors (Lipinski definition) is 3. The second-order valence-electron chi connectivity index (χ2n) is 15.0. The van der Waals surface area contributed by atoms with Crippen LogP contribution in [0.25, 0.3) is 53.8 Å². The van der Waals surface area contributed by atoms with Gasteiger partial charge < -0.3 is 9.97 Å². The smallest absolute Gasteiger partial charge is 0.0799 e. The zero-order valence-corrected chi connectivity index (χ0v) is 34.5. The second-order valence-corrected chi connectivity index (χ2v) is 21.1. The fourth-order valence-electron chi connectivity index (χ4n) is 7.30. The van der Waals surface area contributed by atoms with Gasteiger partial charge in [0.1, 0.15) is 0 Å². The van der Waals surface area contributed by atoms with E-state index in [9.17, 15) is 0 Å². The van der Waals surface area contributed by atoms with Gasteiger partial charge in [0.05, 0.1) is 8.07 Å². The molecule has 1 saturated carbocycles. The third-order valence-electron chi connectivity index (χ3n) is 9.97. The number of fused-ring (bicyclic) bond motifs is 3. The van der Waals surface area contributed by atoms with Crippen LogP contribution in [0.5, 0.6) is 0 Å². The van der Waals surface area contributed by atoms with Crippen molar-refractivity contribution in [3.8, 4) is 33.6 Å². The average molecular weight is 879 g/mol. The minimum Gasteiger partial charge on any atom is -0.305 e. The zero-order valence-electron chi connectivity index (χ0n) is 30.3. The van der Waals surface area contributed by atoms with Gasteiger partial charge in [-0.1, -0.05) is 130 Å². The summed E-state index contributed by atoms with van der Waals surface area (Å²) in [4.78, 5) is 9.41. The van der Waals surface area contributed by atoms with E-state index < -0.39 is 8.07 Å². The van der Waals surface area contributed by atoms with E-state index in [4.69, 9.17) is 4.98 Å². The molecule has 1 radical (unpaired) electrons. The Labute approximate surface area is 322 Å². The van der Waals surface area contributed by atoms with Crippen molar-refractivity contribution >= 4 is 44.8 Å². The quantitative estimate of drug-likeness (QED) is 0.118. The van der Waals surface area contributed by atoms with Crippen LogP contribution in [0.3, 0.4) is 0 Å². The van der Waals surface area contributed by atoms with Crippen LogP contribution in [-0.4, -0.2) is 18.0 Å². The topological polar surface area (TPSA) is 25.8 Å². The van der Waals surface area contributed by atoms with Crippen LogP contribution >= 0.6 is 11.3 Å². The molecule has 8 rings (SSSR count). The summed E-state index contributed by atoms with van der Waals surface area (Å²) >= 11 is 1.86. The summed E-state index contributed by atoms with van der Waals surface area (Å²) in [5, 5.41) is 4.09. The molecule has 51 heavy (non-hydrogen) atoms. The third-order valence-corrected chi connectivity index (χ3v) is 13.2. The maximum absolute atomic E-state index is 4.75. The number of nitrogens with zero attached hydrogens (tertiary/aromatic N) is 2. The Hall–Kier alpha value is -3.73. The molecule has 0 unspecified atom stereocenters. The first-order valence-corrected chi connectivity index (χ1v) is 22.4. The van der Waals surface area contributed by atoms with Gasteiger partial charge in [0.25, 0.3) is 0 Å². The Kier molecular flexibility index (Phi) is 11.8. The Bertz CT molecular complexity index is 2210. The van der Waals surface area contributed by atoms with E-state index in [0.29, 0.717) is 5.92 Å². The standard InChI is InChI=1S/C29H24NS.C17H22NSi.Ir/c1-2-9-22(10-3-1)23-13-14-24-25-11-6-12-26(29(25)31-28(24)19-23)27-18-21(15-16-30-27)17-20-7-4-5-8-20;1-13(2)15-11-16(14-9-7-6-8-10-14)18-12-17(15)19(3,4)5;/h1-3,6,9-11,13-16,18-20H,4-5,7-8,17H2;6-9,11-13H,1-5H3;/q2*-1;. The van der Waals surface area contributed by atoms with Gasteiger partial charge in [0.2, 0.25) is 0 Å². The van der Waals surface area contributed by atoms with Crippen molar-refractivity contribution in [2.45, 2.75) is 71.5 Å². The van der Waals surface area contributed by atoms with Gasteiger partial charge in [-0.05, 0) is 68.2 Å². The molecule has 0 aliphatic heterocycles. The van der Waals surface area contributed by atoms with E-state index in [1.165, 1.54) is 79.7 Å². The molecule has 1 fully saturated rings. The fourth-order valence-corrected chi connectivity index (χ4v) is 10.2. The second kappa shape index (κ2) is 16.3. The van der Waals surface area contributed by atoms with Crippen LogP contribution in [0.15, 0.2) is 116 Å². The molecule has 2 nitrogen and oxygen atoms in total. The predicted molar refractivity (Wildman–Crippen MR) is 218 cm³/mol. The van der Waals surface area contributed by atoms with Crippen LogP contribution in [0.2, 0.25) is 19.6 Å². The Balaban J connectivity index is 0.000000194. The minimum atomic E-state index is -1.34. The van der Waals surface area contributed by atoms with Gasteiger partial charge in [-0.3, -0.25) is 0 Å². The summed E-state index contributed by atoms with van der Waals surface area (Å²) in [5.74, 6) is 1.38. The van der Waals surface area contributed by atoms with Crippen LogP contribution in [0.1, 0.15) is 56.6 Å². The van der Waals surface area contributed by atoms with Crippen LogP contribution in [-0.2, 0) is 26.5 Å². The van der Waals surface area contributed by atoms with Gasteiger partial charge in [0, 0.05) is 37.2 Å². The molecule has 5 heteroatoms. The Morgan fingerprint density at radius 2 is 1.55 bits per heavy atom. The normalized spacial score (nSPS) is 13.3. The van der Waals surface area contributed by atoms with Crippen LogP contribution < -0.4 is 5.19 Å². The van der Waals surface area contributed by atoms with Gasteiger partial charge >= 0.3 is 0 Å². The Morgan fingerprint density at radius 3 is 2.27 bits per heavy atom. The summed E-state index contributed by atoms with van der Waals surface area (Å²) in [7, 11) is -1.34. The fraction of sp³-hybridized carbons (Fsp3) is 0.261. The monoisotopic (exact) mass is 879 g/mol. The van der Waals surface area contributed by atoms with Crippen molar-refractivity contribution in [3.63, 3.8) is 0 Å². The number of rotatable bonds is 7. The van der Waals surface area contributed by atoms with E-state index in [-0.39, 0.29) is 20.1 Å². The molecular formula is C46H46IrN2SSi-2. The number of thiophene rings is 1. The van der Waals surface area contributed by atoms with Gasteiger partial charge in [0.15, 0.2) is 0 Å². The average Bonchev–Trinajstić information content (AvgIpc) is 3.79. The molecule has 7 aromatic rings. The van der Waals surface area contributed by atoms with Gasteiger partial charge in [-0.25, -0.2) is 0 Å². The van der Waals surface area contributed by atoms with Crippen molar-refractivity contribution in [1.82, 2.24) is 9.97 Å². The van der Waals surface area contributed by atoms with Gasteiger partial charge in [-0.2, -0.15) is 11.3 Å². The summed E-state index contributed by atoms with van der Waals surface area (Å²) in [6.45, 7) is 11.7. The zero-order chi connectivity index (χ0) is 34.7. The minimum absolute atomic E-state index is 0. The first kappa shape index (κ1) is 37.0. The number of benzene rings is 4. The largest absolute Gasteiger partial charge is 0.305 e. The first-order valence-electron chi connectivity index (χ1n) is 18.1. The van der Waals surface area contributed by atoms with Crippen molar-refractivity contribution in [2.75, 3.05) is 0 Å². The molecule has 3 aromatic heterocycles. The van der Waals surface area contributed by atoms with E-state index in [1.807, 2.05) is 35.7 Å². The van der Waals surface area contributed by atoms with Crippen molar-refractivity contribution < 1.29 is 20.1 Å². The van der Waals surface area contributed by atoms with E-state index in [0.717, 1.165) is 28.4 Å². The maximum atomic E-state index is 4.75. The third kappa shape index (κ3) is 8.50. The molecule has 0 bridgehead atoms. The summed E-state index contributed by atoms with van der Waals surface area (Å²) < 4.78 is 2.60. The molecule has 0 amide bonds. The number of hydrogen-bond donors (Lipinski definition) is 0. The molecule has 0 saturated heterocycles. The van der Waals surface area contributed by atoms with E-state index in [2.05, 4.69) is 142 Å². The molecule has 261 valence electrons. The summed E-state index contributed by atoms with van der Waals surface area (Å²) in [5.41, 5.74) is 9.68. The molecule has 0 spiro atoms. The Morgan fingerprint density at radius 1 is 0.765 bits per heavy atom. The first-order chi connectivity index (χ1) is 24.2. The summed E-state index contributed by atoms with van der Waals surface area (Å²) in [6.07, 6.45) is 10.8. The van der Waals surface area contributed by atoms with E-state index in [1.54, 1.807) is 0 Å². The molecule has 0 N–H and O–H groups in total. The summed E-state index contributed by atoms with van der Waals surface area (Å²) in [6, 6.07) is 43.2. The van der Waals surface area contributed by atoms with Crippen molar-refractivity contribution in [2.24, 2.45) is 5.92 Å². The van der Waals surface area contributed by atoms with Crippen molar-refractivity contribution in [3.05, 3.63) is 139 Å². The van der Waals surface area contributed by atoms with Crippen LogP contribution in [0, 0.1) is 18.1 Å². The molecule has 1 aliphatic carbocycles. The number of pyridine rings is 2. The molecule has 0 atom stereocenters.